The minimum Gasteiger partial charge on any atom is -0.508 e. The second-order valence-corrected chi connectivity index (χ2v) is 5.87. The number of hydrogen-bond donors (Lipinski definition) is 3. The van der Waals surface area contributed by atoms with E-state index < -0.39 is 10.0 Å². The molecular weight excluding hydrogens is 256 g/mol. The van der Waals surface area contributed by atoms with E-state index in [1.54, 1.807) is 0 Å². The van der Waals surface area contributed by atoms with E-state index in [1.807, 2.05) is 0 Å². The Morgan fingerprint density at radius 1 is 1.39 bits per heavy atom. The zero-order valence-electron chi connectivity index (χ0n) is 9.59. The maximum absolute atomic E-state index is 12.0. The highest BCUT2D eigenvalue weighted by atomic mass is 32.2. The van der Waals surface area contributed by atoms with Crippen molar-refractivity contribution in [3.05, 3.63) is 24.3 Å². The zero-order chi connectivity index (χ0) is 13.2. The SMILES string of the molecule is O=C1CCC(NS(=O)(=O)c2cccc(O)c2)CN1. The fraction of sp³-hybridized carbons (Fsp3) is 0.364. The van der Waals surface area contributed by atoms with Gasteiger partial charge in [-0.05, 0) is 24.6 Å². The molecule has 1 aliphatic rings. The molecule has 7 heteroatoms. The molecule has 6 nitrogen and oxygen atoms in total. The van der Waals surface area contributed by atoms with Crippen LogP contribution < -0.4 is 10.0 Å². The number of amides is 1. The predicted octanol–water partition coefficient (Wildman–Crippen LogP) is -0.0509. The number of sulfonamides is 1. The van der Waals surface area contributed by atoms with Crippen molar-refractivity contribution in [1.29, 1.82) is 0 Å². The summed E-state index contributed by atoms with van der Waals surface area (Å²) in [6.45, 7) is 0.289. The van der Waals surface area contributed by atoms with Crippen LogP contribution in [0.4, 0.5) is 0 Å². The van der Waals surface area contributed by atoms with Crippen molar-refractivity contribution in [2.24, 2.45) is 0 Å². The second kappa shape index (κ2) is 4.95. The molecule has 1 fully saturated rings. The molecule has 1 saturated heterocycles. The normalized spacial score (nSPS) is 20.4. The van der Waals surface area contributed by atoms with E-state index >= 15 is 0 Å². The van der Waals surface area contributed by atoms with Crippen molar-refractivity contribution in [3.63, 3.8) is 0 Å². The predicted molar refractivity (Wildman–Crippen MR) is 64.5 cm³/mol. The smallest absolute Gasteiger partial charge is 0.241 e. The number of phenolic OH excluding ortho intramolecular Hbond substituents is 1. The Morgan fingerprint density at radius 2 is 2.17 bits per heavy atom. The molecule has 0 aliphatic carbocycles. The summed E-state index contributed by atoms with van der Waals surface area (Å²) in [5.41, 5.74) is 0. The molecule has 1 aromatic rings. The number of hydrogen-bond acceptors (Lipinski definition) is 4. The van der Waals surface area contributed by atoms with Gasteiger partial charge < -0.3 is 10.4 Å². The van der Waals surface area contributed by atoms with Crippen molar-refractivity contribution in [2.45, 2.75) is 23.8 Å². The topological polar surface area (TPSA) is 95.5 Å². The van der Waals surface area contributed by atoms with Crippen molar-refractivity contribution in [1.82, 2.24) is 10.0 Å². The van der Waals surface area contributed by atoms with Crippen LogP contribution >= 0.6 is 0 Å². The van der Waals surface area contributed by atoms with E-state index in [4.69, 9.17) is 0 Å². The van der Waals surface area contributed by atoms with E-state index in [9.17, 15) is 18.3 Å². The molecule has 1 aliphatic heterocycles. The van der Waals surface area contributed by atoms with Crippen molar-refractivity contribution in [3.8, 4) is 5.75 Å². The Bertz CT molecular complexity index is 546. The molecular formula is C11H14N2O4S. The van der Waals surface area contributed by atoms with Crippen LogP contribution in [-0.4, -0.2) is 32.0 Å². The number of benzene rings is 1. The number of rotatable bonds is 3. The number of piperidine rings is 1. The maximum atomic E-state index is 12.0. The van der Waals surface area contributed by atoms with Crippen molar-refractivity contribution in [2.75, 3.05) is 6.54 Å². The van der Waals surface area contributed by atoms with Gasteiger partial charge in [0, 0.05) is 19.0 Å². The molecule has 18 heavy (non-hydrogen) atoms. The van der Waals surface area contributed by atoms with Crippen LogP contribution in [0.25, 0.3) is 0 Å². The van der Waals surface area contributed by atoms with Gasteiger partial charge in [-0.1, -0.05) is 6.07 Å². The van der Waals surface area contributed by atoms with Gasteiger partial charge in [0.15, 0.2) is 0 Å². The monoisotopic (exact) mass is 270 g/mol. The third-order valence-electron chi connectivity index (χ3n) is 2.72. The van der Waals surface area contributed by atoms with Gasteiger partial charge in [0.1, 0.15) is 5.75 Å². The van der Waals surface area contributed by atoms with Gasteiger partial charge in [-0.3, -0.25) is 4.79 Å². The molecule has 1 aromatic carbocycles. The summed E-state index contributed by atoms with van der Waals surface area (Å²) in [5.74, 6) is -0.169. The molecule has 0 saturated carbocycles. The molecule has 0 spiro atoms. The van der Waals surface area contributed by atoms with E-state index in [-0.39, 0.29) is 29.1 Å². The number of aromatic hydroxyl groups is 1. The molecule has 1 amide bonds. The Hall–Kier alpha value is -1.60. The fourth-order valence-corrected chi connectivity index (χ4v) is 3.08. The first-order valence-corrected chi connectivity index (χ1v) is 7.04. The Morgan fingerprint density at radius 3 is 2.78 bits per heavy atom. The molecule has 2 rings (SSSR count). The molecule has 3 N–H and O–H groups in total. The summed E-state index contributed by atoms with van der Waals surface area (Å²) in [6, 6.07) is 5.15. The van der Waals surface area contributed by atoms with E-state index in [2.05, 4.69) is 10.0 Å². The van der Waals surface area contributed by atoms with Gasteiger partial charge in [-0.25, -0.2) is 13.1 Å². The number of nitrogens with one attached hydrogen (secondary N) is 2. The van der Waals surface area contributed by atoms with Crippen LogP contribution in [0.2, 0.25) is 0 Å². The van der Waals surface area contributed by atoms with Gasteiger partial charge >= 0.3 is 0 Å². The van der Waals surface area contributed by atoms with Crippen molar-refractivity contribution < 1.29 is 18.3 Å². The summed E-state index contributed by atoms with van der Waals surface area (Å²) < 4.78 is 26.5. The lowest BCUT2D eigenvalue weighted by Crippen LogP contribution is -2.47. The third kappa shape index (κ3) is 2.99. The first-order chi connectivity index (χ1) is 8.47. The molecule has 0 aromatic heterocycles. The summed E-state index contributed by atoms with van der Waals surface area (Å²) >= 11 is 0. The van der Waals surface area contributed by atoms with Crippen LogP contribution in [0.5, 0.6) is 5.75 Å². The van der Waals surface area contributed by atoms with Gasteiger partial charge in [0.2, 0.25) is 15.9 Å². The first-order valence-electron chi connectivity index (χ1n) is 5.55. The highest BCUT2D eigenvalue weighted by Crippen LogP contribution is 2.16. The first kappa shape index (κ1) is 12.8. The molecule has 0 radical (unpaired) electrons. The molecule has 1 unspecified atom stereocenters. The van der Waals surface area contributed by atoms with Gasteiger partial charge in [-0.2, -0.15) is 0 Å². The minimum absolute atomic E-state index is 0.0133. The third-order valence-corrected chi connectivity index (χ3v) is 4.23. The summed E-state index contributed by atoms with van der Waals surface area (Å²) in [7, 11) is -3.66. The Kier molecular flexibility index (Phi) is 3.53. The van der Waals surface area contributed by atoms with Gasteiger partial charge in [-0.15, -0.1) is 0 Å². The minimum atomic E-state index is -3.66. The number of carbonyl (C=O) groups excluding carboxylic acids is 1. The summed E-state index contributed by atoms with van der Waals surface area (Å²) in [6.07, 6.45) is 0.789. The molecule has 1 heterocycles. The zero-order valence-corrected chi connectivity index (χ0v) is 10.4. The van der Waals surface area contributed by atoms with Crippen LogP contribution in [-0.2, 0) is 14.8 Å². The second-order valence-electron chi connectivity index (χ2n) is 4.16. The lowest BCUT2D eigenvalue weighted by atomic mass is 10.1. The van der Waals surface area contributed by atoms with Crippen LogP contribution in [0.15, 0.2) is 29.2 Å². The average molecular weight is 270 g/mol. The number of carbonyl (C=O) groups is 1. The van der Waals surface area contributed by atoms with Crippen LogP contribution in [0.1, 0.15) is 12.8 Å². The summed E-state index contributed by atoms with van der Waals surface area (Å²) in [5, 5.41) is 11.9. The quantitative estimate of drug-likeness (QED) is 0.717. The average Bonchev–Trinajstić information content (AvgIpc) is 2.32. The largest absolute Gasteiger partial charge is 0.508 e. The van der Waals surface area contributed by atoms with E-state index in [0.717, 1.165) is 0 Å². The summed E-state index contributed by atoms with van der Waals surface area (Å²) in [4.78, 5) is 11.0. The van der Waals surface area contributed by atoms with Crippen LogP contribution in [0.3, 0.4) is 0 Å². The number of phenols is 1. The lowest BCUT2D eigenvalue weighted by molar-refractivity contribution is -0.122. The van der Waals surface area contributed by atoms with E-state index in [1.165, 1.54) is 24.3 Å². The highest BCUT2D eigenvalue weighted by molar-refractivity contribution is 7.89. The van der Waals surface area contributed by atoms with Crippen LogP contribution in [0, 0.1) is 0 Å². The molecule has 1 atom stereocenters. The lowest BCUT2D eigenvalue weighted by Gasteiger charge is -2.23. The molecule has 98 valence electrons. The standard InChI is InChI=1S/C11H14N2O4S/c14-9-2-1-3-10(6-9)18(16,17)13-8-4-5-11(15)12-7-8/h1-3,6,8,13-14H,4-5,7H2,(H,12,15). The Labute approximate surface area is 105 Å². The molecule has 0 bridgehead atoms. The van der Waals surface area contributed by atoms with Gasteiger partial charge in [0.25, 0.3) is 0 Å². The maximum Gasteiger partial charge on any atom is 0.241 e. The van der Waals surface area contributed by atoms with Gasteiger partial charge in [0.05, 0.1) is 4.90 Å². The fourth-order valence-electron chi connectivity index (χ4n) is 1.77. The van der Waals surface area contributed by atoms with Crippen molar-refractivity contribution >= 4 is 15.9 Å². The Balaban J connectivity index is 2.10. The van der Waals surface area contributed by atoms with E-state index in [0.29, 0.717) is 12.8 Å². The highest BCUT2D eigenvalue weighted by Gasteiger charge is 2.24.